The predicted octanol–water partition coefficient (Wildman–Crippen LogP) is 2.53. The van der Waals surface area contributed by atoms with Gasteiger partial charge in [-0.1, -0.05) is 12.1 Å². The molecule has 2 aromatic rings. The lowest BCUT2D eigenvalue weighted by Gasteiger charge is -2.14. The van der Waals surface area contributed by atoms with E-state index in [2.05, 4.69) is 10.6 Å². The first-order valence-corrected chi connectivity index (χ1v) is 8.84. The first-order valence-electron chi connectivity index (χ1n) is 7.29. The molecule has 1 aromatic heterocycles. The highest BCUT2D eigenvalue weighted by molar-refractivity contribution is 7.92. The number of rotatable bonds is 5. The summed E-state index contributed by atoms with van der Waals surface area (Å²) in [5.41, 5.74) is 1.25. The van der Waals surface area contributed by atoms with Gasteiger partial charge in [-0.2, -0.15) is 0 Å². The van der Waals surface area contributed by atoms with E-state index < -0.39 is 21.1 Å². The maximum atomic E-state index is 12.3. The predicted molar refractivity (Wildman–Crippen MR) is 90.0 cm³/mol. The fourth-order valence-corrected chi connectivity index (χ4v) is 3.29. The second-order valence-corrected chi connectivity index (χ2v) is 8.06. The quantitative estimate of drug-likeness (QED) is 0.881. The molecule has 0 aliphatic heterocycles. The minimum Gasteiger partial charge on any atom is -0.357 e. The number of nitrogens with one attached hydrogen (secondary N) is 2. The third kappa shape index (κ3) is 4.13. The van der Waals surface area contributed by atoms with Crippen molar-refractivity contribution in [1.29, 1.82) is 0 Å². The second-order valence-electron chi connectivity index (χ2n) is 5.58. The Bertz CT molecular complexity index is 794. The van der Waals surface area contributed by atoms with Crippen LogP contribution in [0.3, 0.4) is 0 Å². The number of anilines is 1. The van der Waals surface area contributed by atoms with E-state index in [1.54, 1.807) is 32.0 Å². The van der Waals surface area contributed by atoms with Crippen LogP contribution in [0.15, 0.2) is 47.6 Å². The molecule has 0 aliphatic rings. The van der Waals surface area contributed by atoms with Crippen LogP contribution in [0.4, 0.5) is 10.5 Å². The van der Waals surface area contributed by atoms with E-state index in [9.17, 15) is 13.2 Å². The summed E-state index contributed by atoms with van der Waals surface area (Å²) in [5, 5.41) is 4.77. The highest BCUT2D eigenvalue weighted by Crippen LogP contribution is 2.24. The van der Waals surface area contributed by atoms with Crippen molar-refractivity contribution < 1.29 is 13.2 Å². The molecule has 0 spiro atoms. The molecule has 0 saturated heterocycles. The first kappa shape index (κ1) is 17.1. The Morgan fingerprint density at radius 2 is 1.91 bits per heavy atom. The zero-order valence-electron chi connectivity index (χ0n) is 13.4. The number of nitrogens with zero attached hydrogens (tertiary/aromatic N) is 1. The third-order valence-electron chi connectivity index (χ3n) is 3.41. The van der Waals surface area contributed by atoms with Crippen LogP contribution in [0, 0.1) is 0 Å². The van der Waals surface area contributed by atoms with Crippen LogP contribution in [0.1, 0.15) is 19.4 Å². The van der Waals surface area contributed by atoms with Crippen molar-refractivity contribution in [2.75, 3.05) is 5.32 Å². The number of carbonyl (C=O) groups excluding carboxylic acids is 1. The average molecular weight is 335 g/mol. The zero-order chi connectivity index (χ0) is 17.0. The summed E-state index contributed by atoms with van der Waals surface area (Å²) in [7, 11) is -1.56. The number of urea groups is 1. The molecule has 124 valence electrons. The number of hydrogen-bond donors (Lipinski definition) is 2. The number of aromatic nitrogens is 1. The van der Waals surface area contributed by atoms with Crippen LogP contribution < -0.4 is 10.6 Å². The van der Waals surface area contributed by atoms with Crippen molar-refractivity contribution in [3.05, 3.63) is 48.3 Å². The van der Waals surface area contributed by atoms with Crippen LogP contribution in [-0.2, 0) is 23.4 Å². The van der Waals surface area contributed by atoms with Crippen molar-refractivity contribution >= 4 is 21.6 Å². The van der Waals surface area contributed by atoms with Crippen LogP contribution >= 0.6 is 0 Å². The Kier molecular flexibility index (Phi) is 5.10. The molecular weight excluding hydrogens is 314 g/mol. The summed E-state index contributed by atoms with van der Waals surface area (Å²) in [6.45, 7) is 3.59. The monoisotopic (exact) mass is 335 g/mol. The van der Waals surface area contributed by atoms with Gasteiger partial charge in [0, 0.05) is 26.0 Å². The molecule has 2 amide bonds. The van der Waals surface area contributed by atoms with Gasteiger partial charge in [-0.25, -0.2) is 13.2 Å². The molecule has 0 atom stereocenters. The lowest BCUT2D eigenvalue weighted by atomic mass is 10.3. The summed E-state index contributed by atoms with van der Waals surface area (Å²) >= 11 is 0. The minimum absolute atomic E-state index is 0.130. The fourth-order valence-electron chi connectivity index (χ4n) is 2.09. The van der Waals surface area contributed by atoms with E-state index >= 15 is 0 Å². The minimum atomic E-state index is -3.46. The van der Waals surface area contributed by atoms with Crippen molar-refractivity contribution in [2.45, 2.75) is 30.5 Å². The van der Waals surface area contributed by atoms with E-state index in [1.807, 2.05) is 30.1 Å². The molecule has 0 saturated carbocycles. The molecule has 0 unspecified atom stereocenters. The van der Waals surface area contributed by atoms with Crippen LogP contribution in [0.25, 0.3) is 0 Å². The normalized spacial score (nSPS) is 11.5. The molecule has 7 heteroatoms. The summed E-state index contributed by atoms with van der Waals surface area (Å²) in [4.78, 5) is 12.1. The van der Waals surface area contributed by atoms with E-state index in [0.717, 1.165) is 5.56 Å². The van der Waals surface area contributed by atoms with Gasteiger partial charge in [-0.15, -0.1) is 0 Å². The number of amides is 2. The van der Waals surface area contributed by atoms with E-state index in [-0.39, 0.29) is 10.6 Å². The van der Waals surface area contributed by atoms with Gasteiger partial charge < -0.3 is 15.2 Å². The topological polar surface area (TPSA) is 80.2 Å². The van der Waals surface area contributed by atoms with Crippen molar-refractivity contribution in [2.24, 2.45) is 7.05 Å². The largest absolute Gasteiger partial charge is 0.357 e. The van der Waals surface area contributed by atoms with Gasteiger partial charge >= 0.3 is 6.03 Å². The summed E-state index contributed by atoms with van der Waals surface area (Å²) in [6, 6.07) is 7.87. The van der Waals surface area contributed by atoms with Crippen LogP contribution in [0.5, 0.6) is 0 Å². The fraction of sp³-hybridized carbons (Fsp3) is 0.312. The molecular formula is C16H21N3O3S. The van der Waals surface area contributed by atoms with Gasteiger partial charge in [-0.3, -0.25) is 0 Å². The number of benzene rings is 1. The standard InChI is InChI=1S/C16H21N3O3S/c1-12(2)23(21,22)15-7-5-4-6-14(15)18-16(20)17-10-13-8-9-19(3)11-13/h4-9,11-12H,10H2,1-3H3,(H2,17,18,20). The second kappa shape index (κ2) is 6.87. The van der Waals surface area contributed by atoms with Gasteiger partial charge in [-0.05, 0) is 37.6 Å². The maximum absolute atomic E-state index is 12.3. The van der Waals surface area contributed by atoms with Crippen molar-refractivity contribution in [3.8, 4) is 0 Å². The highest BCUT2D eigenvalue weighted by atomic mass is 32.2. The summed E-state index contributed by atoms with van der Waals surface area (Å²) < 4.78 is 26.6. The Morgan fingerprint density at radius 1 is 1.22 bits per heavy atom. The first-order chi connectivity index (χ1) is 10.8. The maximum Gasteiger partial charge on any atom is 0.319 e. The van der Waals surface area contributed by atoms with Crippen molar-refractivity contribution in [1.82, 2.24) is 9.88 Å². The number of hydrogen-bond acceptors (Lipinski definition) is 3. The molecule has 1 aromatic carbocycles. The SMILES string of the molecule is CC(C)S(=O)(=O)c1ccccc1NC(=O)NCc1ccn(C)c1. The smallest absolute Gasteiger partial charge is 0.319 e. The summed E-state index contributed by atoms with van der Waals surface area (Å²) in [6.07, 6.45) is 3.79. The van der Waals surface area contributed by atoms with Crippen LogP contribution in [-0.4, -0.2) is 24.3 Å². The van der Waals surface area contributed by atoms with Crippen LogP contribution in [0.2, 0.25) is 0 Å². The molecule has 1 heterocycles. The van der Waals surface area contributed by atoms with E-state index in [4.69, 9.17) is 0 Å². The molecule has 0 fully saturated rings. The number of sulfone groups is 1. The lowest BCUT2D eigenvalue weighted by Crippen LogP contribution is -2.29. The Balaban J connectivity index is 2.09. The Morgan fingerprint density at radius 3 is 2.52 bits per heavy atom. The Hall–Kier alpha value is -2.28. The highest BCUT2D eigenvalue weighted by Gasteiger charge is 2.23. The lowest BCUT2D eigenvalue weighted by molar-refractivity contribution is 0.251. The average Bonchev–Trinajstić information content (AvgIpc) is 2.91. The van der Waals surface area contributed by atoms with Crippen molar-refractivity contribution in [3.63, 3.8) is 0 Å². The van der Waals surface area contributed by atoms with Gasteiger partial charge in [0.2, 0.25) is 0 Å². The molecule has 0 aliphatic carbocycles. The van der Waals surface area contributed by atoms with Gasteiger partial charge in [0.25, 0.3) is 0 Å². The zero-order valence-corrected chi connectivity index (χ0v) is 14.2. The number of carbonyl (C=O) groups is 1. The van der Waals surface area contributed by atoms with Gasteiger partial charge in [0.15, 0.2) is 9.84 Å². The molecule has 23 heavy (non-hydrogen) atoms. The number of para-hydroxylation sites is 1. The molecule has 0 bridgehead atoms. The van der Waals surface area contributed by atoms with Gasteiger partial charge in [0.05, 0.1) is 15.8 Å². The summed E-state index contributed by atoms with van der Waals surface area (Å²) in [5.74, 6) is 0. The molecule has 6 nitrogen and oxygen atoms in total. The van der Waals surface area contributed by atoms with Gasteiger partial charge in [0.1, 0.15) is 0 Å². The Labute approximate surface area is 136 Å². The molecule has 0 radical (unpaired) electrons. The van der Waals surface area contributed by atoms with E-state index in [1.165, 1.54) is 6.07 Å². The third-order valence-corrected chi connectivity index (χ3v) is 5.62. The van der Waals surface area contributed by atoms with E-state index in [0.29, 0.717) is 6.54 Å². The molecule has 2 N–H and O–H groups in total. The molecule has 2 rings (SSSR count). The number of aryl methyl sites for hydroxylation is 1.